The van der Waals surface area contributed by atoms with Crippen LogP contribution in [0.15, 0.2) is 36.7 Å². The fraction of sp³-hybridized carbons (Fsp3) is 0.214. The van der Waals surface area contributed by atoms with Gasteiger partial charge < -0.3 is 9.84 Å². The number of ether oxygens (including phenoxy) is 1. The summed E-state index contributed by atoms with van der Waals surface area (Å²) in [5.74, 6) is 0.620. The predicted molar refractivity (Wildman–Crippen MR) is 73.6 cm³/mol. The fourth-order valence-corrected chi connectivity index (χ4v) is 2.17. The molecule has 114 valence electrons. The molecule has 0 bridgehead atoms. The molecule has 1 N–H and O–H groups in total. The van der Waals surface area contributed by atoms with Gasteiger partial charge in [0, 0.05) is 30.5 Å². The van der Waals surface area contributed by atoms with Gasteiger partial charge in [-0.15, -0.1) is 10.2 Å². The van der Waals surface area contributed by atoms with Gasteiger partial charge in [0.15, 0.2) is 11.5 Å². The highest BCUT2D eigenvalue weighted by molar-refractivity contribution is 5.60. The van der Waals surface area contributed by atoms with Gasteiger partial charge in [0.2, 0.25) is 0 Å². The molecule has 0 aliphatic rings. The molecule has 0 unspecified atom stereocenters. The van der Waals surface area contributed by atoms with Crippen LogP contribution in [-0.2, 0) is 6.42 Å². The van der Waals surface area contributed by atoms with E-state index in [2.05, 4.69) is 19.9 Å². The molecule has 0 atom stereocenters. The third-order valence-corrected chi connectivity index (χ3v) is 3.09. The Labute approximate surface area is 124 Å². The standard InChI is InChI=1S/C14H12F2N4O2/c15-14(16)22-11-3-1-9(2-4-11)13-19-18-12-8-17-7-10(5-6-21)20(12)13/h1-4,7-8,14,21H,5-6H2. The van der Waals surface area contributed by atoms with Crippen LogP contribution in [0.5, 0.6) is 5.75 Å². The highest BCUT2D eigenvalue weighted by Crippen LogP contribution is 2.23. The number of alkyl halides is 2. The van der Waals surface area contributed by atoms with E-state index in [-0.39, 0.29) is 12.4 Å². The first-order chi connectivity index (χ1) is 10.7. The van der Waals surface area contributed by atoms with Gasteiger partial charge >= 0.3 is 6.61 Å². The summed E-state index contributed by atoms with van der Waals surface area (Å²) in [5, 5.41) is 17.3. The summed E-state index contributed by atoms with van der Waals surface area (Å²) >= 11 is 0. The van der Waals surface area contributed by atoms with E-state index in [9.17, 15) is 8.78 Å². The molecular formula is C14H12F2N4O2. The molecule has 1 aromatic carbocycles. The fourth-order valence-electron chi connectivity index (χ4n) is 2.17. The van der Waals surface area contributed by atoms with Gasteiger partial charge in [-0.3, -0.25) is 9.38 Å². The molecule has 0 saturated carbocycles. The summed E-state index contributed by atoms with van der Waals surface area (Å²) < 4.78 is 30.4. The minimum Gasteiger partial charge on any atom is -0.435 e. The maximum absolute atomic E-state index is 12.2. The molecule has 8 heteroatoms. The second-order valence-electron chi connectivity index (χ2n) is 4.49. The number of aliphatic hydroxyl groups excluding tert-OH is 1. The minimum atomic E-state index is -2.86. The Balaban J connectivity index is 2.02. The molecule has 0 aliphatic heterocycles. The minimum absolute atomic E-state index is 0.0282. The first-order valence-electron chi connectivity index (χ1n) is 6.53. The van der Waals surface area contributed by atoms with Crippen molar-refractivity contribution in [2.24, 2.45) is 0 Å². The van der Waals surface area contributed by atoms with Crippen LogP contribution < -0.4 is 4.74 Å². The van der Waals surface area contributed by atoms with Gasteiger partial charge in [-0.25, -0.2) is 0 Å². The lowest BCUT2D eigenvalue weighted by molar-refractivity contribution is -0.0498. The molecule has 0 spiro atoms. The van der Waals surface area contributed by atoms with E-state index in [4.69, 9.17) is 5.11 Å². The molecule has 2 aromatic heterocycles. The van der Waals surface area contributed by atoms with Crippen LogP contribution in [0.25, 0.3) is 17.0 Å². The summed E-state index contributed by atoms with van der Waals surface area (Å²) in [6.07, 6.45) is 3.60. The number of aliphatic hydroxyl groups is 1. The lowest BCUT2D eigenvalue weighted by atomic mass is 10.2. The van der Waals surface area contributed by atoms with Crippen molar-refractivity contribution < 1.29 is 18.6 Å². The molecule has 3 aromatic rings. The van der Waals surface area contributed by atoms with Gasteiger partial charge in [0.25, 0.3) is 0 Å². The molecular weight excluding hydrogens is 294 g/mol. The molecule has 6 nitrogen and oxygen atoms in total. The largest absolute Gasteiger partial charge is 0.435 e. The number of aromatic nitrogens is 4. The number of nitrogens with zero attached hydrogens (tertiary/aromatic N) is 4. The van der Waals surface area contributed by atoms with E-state index in [1.807, 2.05) is 0 Å². The zero-order chi connectivity index (χ0) is 15.5. The Morgan fingerprint density at radius 3 is 2.59 bits per heavy atom. The SMILES string of the molecule is OCCc1cncc2nnc(-c3ccc(OC(F)F)cc3)n12. The third kappa shape index (κ3) is 2.73. The zero-order valence-corrected chi connectivity index (χ0v) is 11.4. The second kappa shape index (κ2) is 6.02. The number of halogens is 2. The highest BCUT2D eigenvalue weighted by atomic mass is 19.3. The highest BCUT2D eigenvalue weighted by Gasteiger charge is 2.12. The van der Waals surface area contributed by atoms with Gasteiger partial charge in [0.05, 0.1) is 6.20 Å². The Hall–Kier alpha value is -2.61. The lowest BCUT2D eigenvalue weighted by Gasteiger charge is -2.07. The van der Waals surface area contributed by atoms with E-state index in [0.29, 0.717) is 23.5 Å². The van der Waals surface area contributed by atoms with Crippen LogP contribution in [0, 0.1) is 0 Å². The van der Waals surface area contributed by atoms with Crippen LogP contribution in [0.4, 0.5) is 8.78 Å². The maximum Gasteiger partial charge on any atom is 0.387 e. The Bertz CT molecular complexity index is 774. The normalized spacial score (nSPS) is 11.3. The third-order valence-electron chi connectivity index (χ3n) is 3.09. The number of hydrogen-bond donors (Lipinski definition) is 1. The van der Waals surface area contributed by atoms with Crippen molar-refractivity contribution in [3.63, 3.8) is 0 Å². The Morgan fingerprint density at radius 2 is 1.91 bits per heavy atom. The van der Waals surface area contributed by atoms with E-state index < -0.39 is 6.61 Å². The van der Waals surface area contributed by atoms with Crippen molar-refractivity contribution in [3.05, 3.63) is 42.4 Å². The molecule has 22 heavy (non-hydrogen) atoms. The van der Waals surface area contributed by atoms with Crippen molar-refractivity contribution in [2.45, 2.75) is 13.0 Å². The van der Waals surface area contributed by atoms with Crippen molar-refractivity contribution in [1.82, 2.24) is 19.6 Å². The molecule has 0 saturated heterocycles. The summed E-state index contributed by atoms with van der Waals surface area (Å²) in [5.41, 5.74) is 2.00. The molecule has 0 amide bonds. The average Bonchev–Trinajstić information content (AvgIpc) is 2.93. The van der Waals surface area contributed by atoms with Crippen molar-refractivity contribution in [2.75, 3.05) is 6.61 Å². The number of hydrogen-bond acceptors (Lipinski definition) is 5. The Morgan fingerprint density at radius 1 is 1.14 bits per heavy atom. The summed E-state index contributed by atoms with van der Waals surface area (Å²) in [7, 11) is 0. The smallest absolute Gasteiger partial charge is 0.387 e. The van der Waals surface area contributed by atoms with Crippen molar-refractivity contribution in [3.8, 4) is 17.1 Å². The van der Waals surface area contributed by atoms with Gasteiger partial charge in [-0.05, 0) is 24.3 Å². The zero-order valence-electron chi connectivity index (χ0n) is 11.4. The van der Waals surface area contributed by atoms with Crippen LogP contribution in [0.2, 0.25) is 0 Å². The van der Waals surface area contributed by atoms with Crippen molar-refractivity contribution in [1.29, 1.82) is 0 Å². The summed E-state index contributed by atoms with van der Waals surface area (Å²) in [6.45, 7) is -2.89. The van der Waals surface area contributed by atoms with Gasteiger partial charge in [-0.2, -0.15) is 8.78 Å². The van der Waals surface area contributed by atoms with E-state index in [0.717, 1.165) is 5.69 Å². The molecule has 3 rings (SSSR count). The number of rotatable bonds is 5. The number of fused-ring (bicyclic) bond motifs is 1. The lowest BCUT2D eigenvalue weighted by Crippen LogP contribution is -2.03. The average molecular weight is 306 g/mol. The molecule has 0 radical (unpaired) electrons. The topological polar surface area (TPSA) is 72.5 Å². The molecule has 2 heterocycles. The van der Waals surface area contributed by atoms with E-state index in [1.54, 1.807) is 28.9 Å². The first kappa shape index (κ1) is 14.3. The van der Waals surface area contributed by atoms with E-state index >= 15 is 0 Å². The van der Waals surface area contributed by atoms with Crippen LogP contribution >= 0.6 is 0 Å². The quantitative estimate of drug-likeness (QED) is 0.780. The van der Waals surface area contributed by atoms with Crippen molar-refractivity contribution >= 4 is 5.65 Å². The Kier molecular flexibility index (Phi) is 3.92. The molecule has 0 aliphatic carbocycles. The maximum atomic E-state index is 12.2. The summed E-state index contributed by atoms with van der Waals surface area (Å²) in [6, 6.07) is 6.12. The molecule has 0 fully saturated rings. The van der Waals surface area contributed by atoms with Crippen LogP contribution in [-0.4, -0.2) is 37.9 Å². The van der Waals surface area contributed by atoms with Gasteiger partial charge in [0.1, 0.15) is 5.75 Å². The second-order valence-corrected chi connectivity index (χ2v) is 4.49. The van der Waals surface area contributed by atoms with Crippen LogP contribution in [0.1, 0.15) is 5.69 Å². The number of benzene rings is 1. The summed E-state index contributed by atoms with van der Waals surface area (Å²) in [4.78, 5) is 4.05. The van der Waals surface area contributed by atoms with Crippen LogP contribution in [0.3, 0.4) is 0 Å². The predicted octanol–water partition coefficient (Wildman–Crippen LogP) is 1.93. The first-order valence-corrected chi connectivity index (χ1v) is 6.53. The van der Waals surface area contributed by atoms with Gasteiger partial charge in [-0.1, -0.05) is 0 Å². The van der Waals surface area contributed by atoms with E-state index in [1.165, 1.54) is 12.1 Å². The monoisotopic (exact) mass is 306 g/mol.